The van der Waals surface area contributed by atoms with E-state index in [2.05, 4.69) is 11.4 Å². The average Bonchev–Trinajstić information content (AvgIpc) is 2.75. The molecule has 1 aromatic heterocycles. The van der Waals surface area contributed by atoms with Crippen molar-refractivity contribution in [1.29, 1.82) is 0 Å². The molecule has 0 atom stereocenters. The number of amides is 1. The molecule has 2 rings (SSSR count). The normalized spacial score (nSPS) is 14.9. The second-order valence-electron chi connectivity index (χ2n) is 5.86. The van der Waals surface area contributed by atoms with Crippen LogP contribution in [0.25, 0.3) is 0 Å². The fourth-order valence-electron chi connectivity index (χ4n) is 2.08. The predicted molar refractivity (Wildman–Crippen MR) is 80.2 cm³/mol. The number of thiophene rings is 1. The largest absolute Gasteiger partial charge is 0.444 e. The monoisotopic (exact) mass is 298 g/mol. The smallest absolute Gasteiger partial charge is 0.410 e. The lowest BCUT2D eigenvalue weighted by atomic mass is 10.1. The summed E-state index contributed by atoms with van der Waals surface area (Å²) in [4.78, 5) is 15.1. The number of hydrogen-bond donors (Lipinski definition) is 2. The molecule has 0 aromatic carbocycles. The molecule has 1 amide bonds. The SMILES string of the molecule is CC(C)(C)OC(=O)N1CCc2sc(NCCO)cc2C1. The maximum absolute atomic E-state index is 12.1. The van der Waals surface area contributed by atoms with Crippen LogP contribution in [0.2, 0.25) is 0 Å². The molecule has 2 heterocycles. The first-order chi connectivity index (χ1) is 9.39. The molecule has 5 nitrogen and oxygen atoms in total. The van der Waals surface area contributed by atoms with Crippen LogP contribution in [0.1, 0.15) is 31.2 Å². The number of carbonyl (C=O) groups is 1. The number of fused-ring (bicyclic) bond motifs is 1. The van der Waals surface area contributed by atoms with Crippen LogP contribution in [0.4, 0.5) is 9.80 Å². The number of hydrogen-bond acceptors (Lipinski definition) is 5. The zero-order valence-corrected chi connectivity index (χ0v) is 13.0. The second-order valence-corrected chi connectivity index (χ2v) is 7.00. The van der Waals surface area contributed by atoms with Gasteiger partial charge in [0.2, 0.25) is 0 Å². The van der Waals surface area contributed by atoms with Crippen LogP contribution >= 0.6 is 11.3 Å². The molecular weight excluding hydrogens is 276 g/mol. The maximum atomic E-state index is 12.1. The quantitative estimate of drug-likeness (QED) is 0.900. The van der Waals surface area contributed by atoms with Gasteiger partial charge in [0.25, 0.3) is 0 Å². The standard InChI is InChI=1S/C14H22N2O3S/c1-14(2,3)19-13(18)16-6-4-11-10(9-16)8-12(20-11)15-5-7-17/h8,15,17H,4-7,9H2,1-3H3. The molecule has 112 valence electrons. The molecule has 2 N–H and O–H groups in total. The molecule has 0 unspecified atom stereocenters. The molecule has 20 heavy (non-hydrogen) atoms. The van der Waals surface area contributed by atoms with E-state index >= 15 is 0 Å². The molecule has 0 fully saturated rings. The van der Waals surface area contributed by atoms with Crippen molar-refractivity contribution in [1.82, 2.24) is 4.90 Å². The van der Waals surface area contributed by atoms with Gasteiger partial charge in [0.05, 0.1) is 18.2 Å². The third-order valence-corrected chi connectivity index (χ3v) is 4.12. The Morgan fingerprint density at radius 1 is 1.55 bits per heavy atom. The lowest BCUT2D eigenvalue weighted by Gasteiger charge is -2.29. The Balaban J connectivity index is 1.99. The third kappa shape index (κ3) is 3.86. The summed E-state index contributed by atoms with van der Waals surface area (Å²) in [6.07, 6.45) is 0.610. The van der Waals surface area contributed by atoms with Crippen LogP contribution in [0.15, 0.2) is 6.07 Å². The average molecular weight is 298 g/mol. The lowest BCUT2D eigenvalue weighted by molar-refractivity contribution is 0.0225. The molecule has 0 bridgehead atoms. The molecule has 1 aliphatic heterocycles. The number of nitrogens with zero attached hydrogens (tertiary/aromatic N) is 1. The first kappa shape index (κ1) is 15.1. The lowest BCUT2D eigenvalue weighted by Crippen LogP contribution is -2.39. The van der Waals surface area contributed by atoms with Crippen molar-refractivity contribution in [3.8, 4) is 0 Å². The minimum absolute atomic E-state index is 0.118. The Hall–Kier alpha value is -1.27. The molecule has 1 aliphatic rings. The zero-order chi connectivity index (χ0) is 14.8. The van der Waals surface area contributed by atoms with E-state index in [0.717, 1.165) is 11.4 Å². The summed E-state index contributed by atoms with van der Waals surface area (Å²) in [5.41, 5.74) is 0.715. The number of aliphatic hydroxyl groups excluding tert-OH is 1. The summed E-state index contributed by atoms with van der Waals surface area (Å²) in [6.45, 7) is 7.59. The summed E-state index contributed by atoms with van der Waals surface area (Å²) < 4.78 is 5.41. The maximum Gasteiger partial charge on any atom is 0.410 e. The van der Waals surface area contributed by atoms with Crippen molar-refractivity contribution >= 4 is 22.4 Å². The van der Waals surface area contributed by atoms with Crippen LogP contribution in [0.3, 0.4) is 0 Å². The Morgan fingerprint density at radius 2 is 2.30 bits per heavy atom. The molecule has 0 aliphatic carbocycles. The Labute approximate surface area is 123 Å². The fourth-order valence-corrected chi connectivity index (χ4v) is 3.17. The number of rotatable bonds is 3. The van der Waals surface area contributed by atoms with Crippen molar-refractivity contribution in [2.45, 2.75) is 39.3 Å². The molecule has 1 aromatic rings. The van der Waals surface area contributed by atoms with Crippen LogP contribution < -0.4 is 5.32 Å². The molecule has 6 heteroatoms. The van der Waals surface area contributed by atoms with E-state index in [9.17, 15) is 4.79 Å². The minimum Gasteiger partial charge on any atom is -0.444 e. The minimum atomic E-state index is -0.458. The van der Waals surface area contributed by atoms with E-state index in [0.29, 0.717) is 19.6 Å². The first-order valence-electron chi connectivity index (χ1n) is 6.83. The number of aliphatic hydroxyl groups is 1. The summed E-state index contributed by atoms with van der Waals surface area (Å²) in [5.74, 6) is 0. The van der Waals surface area contributed by atoms with Gasteiger partial charge >= 0.3 is 6.09 Å². The van der Waals surface area contributed by atoms with Crippen LogP contribution in [0.5, 0.6) is 0 Å². The summed E-state index contributed by atoms with van der Waals surface area (Å²) in [6, 6.07) is 2.06. The van der Waals surface area contributed by atoms with Gasteiger partial charge in [-0.15, -0.1) is 11.3 Å². The summed E-state index contributed by atoms with van der Waals surface area (Å²) >= 11 is 1.70. The highest BCUT2D eigenvalue weighted by molar-refractivity contribution is 7.16. The van der Waals surface area contributed by atoms with E-state index in [1.54, 1.807) is 16.2 Å². The Kier molecular flexibility index (Phi) is 4.55. The highest BCUT2D eigenvalue weighted by atomic mass is 32.1. The van der Waals surface area contributed by atoms with Crippen LogP contribution in [0, 0.1) is 0 Å². The van der Waals surface area contributed by atoms with Gasteiger partial charge in [0.15, 0.2) is 0 Å². The van der Waals surface area contributed by atoms with Crippen LogP contribution in [-0.2, 0) is 17.7 Å². The number of nitrogens with one attached hydrogen (secondary N) is 1. The van der Waals surface area contributed by atoms with Gasteiger partial charge in [-0.25, -0.2) is 4.79 Å². The van der Waals surface area contributed by atoms with Crippen LogP contribution in [-0.4, -0.2) is 41.4 Å². The molecular formula is C14H22N2O3S. The van der Waals surface area contributed by atoms with E-state index in [1.165, 1.54) is 10.4 Å². The van der Waals surface area contributed by atoms with Crippen molar-refractivity contribution in [3.63, 3.8) is 0 Å². The summed E-state index contributed by atoms with van der Waals surface area (Å²) in [7, 11) is 0. The second kappa shape index (κ2) is 6.01. The molecule has 0 radical (unpaired) electrons. The Morgan fingerprint density at radius 3 is 2.95 bits per heavy atom. The van der Waals surface area contributed by atoms with Gasteiger partial charge in [0.1, 0.15) is 5.60 Å². The van der Waals surface area contributed by atoms with Crippen molar-refractivity contribution in [3.05, 3.63) is 16.5 Å². The highest BCUT2D eigenvalue weighted by Gasteiger charge is 2.26. The topological polar surface area (TPSA) is 61.8 Å². The van der Waals surface area contributed by atoms with E-state index in [-0.39, 0.29) is 12.7 Å². The number of ether oxygens (including phenoxy) is 1. The highest BCUT2D eigenvalue weighted by Crippen LogP contribution is 2.32. The number of carbonyl (C=O) groups excluding carboxylic acids is 1. The van der Waals surface area contributed by atoms with Gasteiger partial charge in [0, 0.05) is 18.0 Å². The zero-order valence-electron chi connectivity index (χ0n) is 12.2. The van der Waals surface area contributed by atoms with E-state index in [1.807, 2.05) is 20.8 Å². The van der Waals surface area contributed by atoms with E-state index < -0.39 is 5.60 Å². The molecule has 0 saturated carbocycles. The van der Waals surface area contributed by atoms with Gasteiger partial charge < -0.3 is 20.1 Å². The van der Waals surface area contributed by atoms with Crippen molar-refractivity contribution in [2.75, 3.05) is 25.0 Å². The van der Waals surface area contributed by atoms with Gasteiger partial charge in [-0.05, 0) is 38.8 Å². The number of anilines is 1. The third-order valence-electron chi connectivity index (χ3n) is 2.93. The molecule has 0 spiro atoms. The van der Waals surface area contributed by atoms with Crippen molar-refractivity contribution in [2.24, 2.45) is 0 Å². The van der Waals surface area contributed by atoms with Gasteiger partial charge in [-0.3, -0.25) is 0 Å². The van der Waals surface area contributed by atoms with E-state index in [4.69, 9.17) is 9.84 Å². The van der Waals surface area contributed by atoms with Crippen molar-refractivity contribution < 1.29 is 14.6 Å². The first-order valence-corrected chi connectivity index (χ1v) is 7.65. The Bertz CT molecular complexity index is 479. The molecule has 0 saturated heterocycles. The van der Waals surface area contributed by atoms with Gasteiger partial charge in [-0.1, -0.05) is 0 Å². The fraction of sp³-hybridized carbons (Fsp3) is 0.643. The predicted octanol–water partition coefficient (Wildman–Crippen LogP) is 2.45. The van der Waals surface area contributed by atoms with Gasteiger partial charge in [-0.2, -0.15) is 0 Å². The summed E-state index contributed by atoms with van der Waals surface area (Å²) in [5, 5.41) is 13.0.